The number of carbonyl (C=O) groups excluding carboxylic acids is 1. The number of phenolic OH excluding ortho intramolecular Hbond substituents is 1. The highest BCUT2D eigenvalue weighted by molar-refractivity contribution is 9.10. The van der Waals surface area contributed by atoms with Crippen molar-refractivity contribution in [2.24, 2.45) is 0 Å². The standard InChI is InChI=1S/C14H21BrN2O3/c1-9(2)17-13(18)4-5-16-8-10-6-11(15)14(19)12(7-10)20-3/h6-7,9,16,19H,4-5,8H2,1-3H3,(H,17,18). The average molecular weight is 345 g/mol. The molecule has 0 atom stereocenters. The van der Waals surface area contributed by atoms with Crippen LogP contribution >= 0.6 is 15.9 Å². The summed E-state index contributed by atoms with van der Waals surface area (Å²) in [5.74, 6) is 0.554. The Hall–Kier alpha value is -1.27. The van der Waals surface area contributed by atoms with Crippen LogP contribution in [0.4, 0.5) is 0 Å². The van der Waals surface area contributed by atoms with Gasteiger partial charge in [-0.05, 0) is 47.5 Å². The molecule has 20 heavy (non-hydrogen) atoms. The second-order valence-electron chi connectivity index (χ2n) is 4.78. The fourth-order valence-electron chi connectivity index (χ4n) is 1.71. The Labute approximate surface area is 127 Å². The maximum atomic E-state index is 11.5. The molecule has 0 unspecified atom stereocenters. The molecule has 0 spiro atoms. The van der Waals surface area contributed by atoms with Gasteiger partial charge in [0.05, 0.1) is 11.6 Å². The van der Waals surface area contributed by atoms with Gasteiger partial charge < -0.3 is 20.5 Å². The highest BCUT2D eigenvalue weighted by Gasteiger charge is 2.08. The van der Waals surface area contributed by atoms with Crippen molar-refractivity contribution in [3.05, 3.63) is 22.2 Å². The van der Waals surface area contributed by atoms with E-state index >= 15 is 0 Å². The van der Waals surface area contributed by atoms with E-state index in [0.717, 1.165) is 5.56 Å². The lowest BCUT2D eigenvalue weighted by Gasteiger charge is -2.11. The molecule has 1 amide bonds. The first-order chi connectivity index (χ1) is 9.43. The van der Waals surface area contributed by atoms with E-state index in [2.05, 4.69) is 26.6 Å². The van der Waals surface area contributed by atoms with E-state index < -0.39 is 0 Å². The summed E-state index contributed by atoms with van der Waals surface area (Å²) >= 11 is 3.28. The van der Waals surface area contributed by atoms with Crippen LogP contribution in [0, 0.1) is 0 Å². The van der Waals surface area contributed by atoms with Crippen LogP contribution in [0.3, 0.4) is 0 Å². The second kappa shape index (κ2) is 8.11. The van der Waals surface area contributed by atoms with E-state index in [-0.39, 0.29) is 17.7 Å². The monoisotopic (exact) mass is 344 g/mol. The molecule has 0 fully saturated rings. The van der Waals surface area contributed by atoms with Gasteiger partial charge in [-0.1, -0.05) is 0 Å². The van der Waals surface area contributed by atoms with Gasteiger partial charge in [0.1, 0.15) is 0 Å². The predicted molar refractivity (Wildman–Crippen MR) is 82.0 cm³/mol. The number of hydrogen-bond donors (Lipinski definition) is 3. The maximum Gasteiger partial charge on any atom is 0.221 e. The molecule has 0 aliphatic heterocycles. The normalized spacial score (nSPS) is 10.7. The molecule has 6 heteroatoms. The van der Waals surface area contributed by atoms with Crippen molar-refractivity contribution in [2.45, 2.75) is 32.9 Å². The van der Waals surface area contributed by atoms with E-state index in [4.69, 9.17) is 4.74 Å². The highest BCUT2D eigenvalue weighted by Crippen LogP contribution is 2.35. The summed E-state index contributed by atoms with van der Waals surface area (Å²) in [7, 11) is 1.51. The molecular weight excluding hydrogens is 324 g/mol. The van der Waals surface area contributed by atoms with Gasteiger partial charge >= 0.3 is 0 Å². The lowest BCUT2D eigenvalue weighted by atomic mass is 10.2. The third kappa shape index (κ3) is 5.38. The van der Waals surface area contributed by atoms with Gasteiger partial charge in [-0.25, -0.2) is 0 Å². The number of amides is 1. The summed E-state index contributed by atoms with van der Waals surface area (Å²) in [5, 5.41) is 15.7. The summed E-state index contributed by atoms with van der Waals surface area (Å²) in [6, 6.07) is 3.75. The van der Waals surface area contributed by atoms with Gasteiger partial charge in [0.15, 0.2) is 11.5 Å². The number of carbonyl (C=O) groups is 1. The van der Waals surface area contributed by atoms with E-state index in [9.17, 15) is 9.90 Å². The van der Waals surface area contributed by atoms with Crippen LogP contribution in [0.5, 0.6) is 11.5 Å². The first-order valence-electron chi connectivity index (χ1n) is 6.49. The van der Waals surface area contributed by atoms with Crippen LogP contribution < -0.4 is 15.4 Å². The summed E-state index contributed by atoms with van der Waals surface area (Å²) in [4.78, 5) is 11.5. The van der Waals surface area contributed by atoms with E-state index in [0.29, 0.717) is 29.7 Å². The number of methoxy groups -OCH3 is 1. The van der Waals surface area contributed by atoms with Crippen molar-refractivity contribution in [1.29, 1.82) is 0 Å². The zero-order valence-electron chi connectivity index (χ0n) is 12.0. The largest absolute Gasteiger partial charge is 0.503 e. The number of ether oxygens (including phenoxy) is 1. The number of aromatic hydroxyl groups is 1. The van der Waals surface area contributed by atoms with E-state index in [1.165, 1.54) is 7.11 Å². The van der Waals surface area contributed by atoms with Crippen LogP contribution in [0.2, 0.25) is 0 Å². The van der Waals surface area contributed by atoms with Gasteiger partial charge in [-0.15, -0.1) is 0 Å². The van der Waals surface area contributed by atoms with Crippen LogP contribution in [-0.2, 0) is 11.3 Å². The van der Waals surface area contributed by atoms with Gasteiger partial charge in [-0.3, -0.25) is 4.79 Å². The first-order valence-corrected chi connectivity index (χ1v) is 7.28. The van der Waals surface area contributed by atoms with Crippen molar-refractivity contribution in [1.82, 2.24) is 10.6 Å². The molecule has 1 aromatic rings. The molecule has 3 N–H and O–H groups in total. The molecule has 1 aromatic carbocycles. The fraction of sp³-hybridized carbons (Fsp3) is 0.500. The van der Waals surface area contributed by atoms with Crippen LogP contribution in [0.25, 0.3) is 0 Å². The van der Waals surface area contributed by atoms with Crippen molar-refractivity contribution >= 4 is 21.8 Å². The second-order valence-corrected chi connectivity index (χ2v) is 5.63. The molecule has 0 radical (unpaired) electrons. The Balaban J connectivity index is 2.43. The lowest BCUT2D eigenvalue weighted by molar-refractivity contribution is -0.121. The SMILES string of the molecule is COc1cc(CNCCC(=O)NC(C)C)cc(Br)c1O. The van der Waals surface area contributed by atoms with Crippen molar-refractivity contribution in [2.75, 3.05) is 13.7 Å². The molecule has 112 valence electrons. The smallest absolute Gasteiger partial charge is 0.221 e. The minimum atomic E-state index is 0.0389. The molecule has 0 aliphatic carbocycles. The molecule has 0 heterocycles. The molecule has 0 saturated carbocycles. The van der Waals surface area contributed by atoms with Crippen LogP contribution in [-0.4, -0.2) is 30.7 Å². The number of nitrogens with one attached hydrogen (secondary N) is 2. The Bertz CT molecular complexity index is 464. The molecule has 0 aliphatic rings. The molecular formula is C14H21BrN2O3. The Morgan fingerprint density at radius 3 is 2.75 bits per heavy atom. The maximum absolute atomic E-state index is 11.5. The Morgan fingerprint density at radius 2 is 2.15 bits per heavy atom. The third-order valence-electron chi connectivity index (χ3n) is 2.62. The Morgan fingerprint density at radius 1 is 1.45 bits per heavy atom. The first kappa shape index (κ1) is 16.8. The van der Waals surface area contributed by atoms with Gasteiger partial charge in [-0.2, -0.15) is 0 Å². The average Bonchev–Trinajstić information content (AvgIpc) is 2.37. The molecule has 1 rings (SSSR count). The summed E-state index contributed by atoms with van der Waals surface area (Å²) in [6.07, 6.45) is 0.439. The number of phenols is 1. The highest BCUT2D eigenvalue weighted by atomic mass is 79.9. The summed E-state index contributed by atoms with van der Waals surface area (Å²) < 4.78 is 5.67. The fourth-order valence-corrected chi connectivity index (χ4v) is 2.20. The zero-order valence-corrected chi connectivity index (χ0v) is 13.6. The molecule has 0 saturated heterocycles. The number of halogens is 1. The summed E-state index contributed by atoms with van der Waals surface area (Å²) in [5.41, 5.74) is 0.968. The molecule has 0 aromatic heterocycles. The molecule has 5 nitrogen and oxygen atoms in total. The topological polar surface area (TPSA) is 70.6 Å². The van der Waals surface area contributed by atoms with E-state index in [1.807, 2.05) is 19.9 Å². The predicted octanol–water partition coefficient (Wildman–Crippen LogP) is 2.17. The van der Waals surface area contributed by atoms with Gasteiger partial charge in [0, 0.05) is 25.6 Å². The summed E-state index contributed by atoms with van der Waals surface area (Å²) in [6.45, 7) is 5.07. The Kier molecular flexibility index (Phi) is 6.81. The van der Waals surface area contributed by atoms with Crippen LogP contribution in [0.15, 0.2) is 16.6 Å². The lowest BCUT2D eigenvalue weighted by Crippen LogP contribution is -2.32. The molecule has 0 bridgehead atoms. The van der Waals surface area contributed by atoms with Crippen molar-refractivity contribution < 1.29 is 14.6 Å². The number of benzene rings is 1. The van der Waals surface area contributed by atoms with Gasteiger partial charge in [0.2, 0.25) is 5.91 Å². The number of hydrogen-bond acceptors (Lipinski definition) is 4. The zero-order chi connectivity index (χ0) is 15.1. The van der Waals surface area contributed by atoms with Crippen LogP contribution in [0.1, 0.15) is 25.8 Å². The minimum Gasteiger partial charge on any atom is -0.503 e. The minimum absolute atomic E-state index is 0.0389. The van der Waals surface area contributed by atoms with Gasteiger partial charge in [0.25, 0.3) is 0 Å². The van der Waals surface area contributed by atoms with E-state index in [1.54, 1.807) is 6.07 Å². The third-order valence-corrected chi connectivity index (χ3v) is 3.22. The quantitative estimate of drug-likeness (QED) is 0.663. The van der Waals surface area contributed by atoms with Crippen molar-refractivity contribution in [3.8, 4) is 11.5 Å². The van der Waals surface area contributed by atoms with Crippen molar-refractivity contribution in [3.63, 3.8) is 0 Å². The number of rotatable bonds is 7.